The van der Waals surface area contributed by atoms with Gasteiger partial charge in [0.15, 0.2) is 11.5 Å². The van der Waals surface area contributed by atoms with E-state index in [1.165, 1.54) is 13.8 Å². The van der Waals surface area contributed by atoms with E-state index >= 15 is 0 Å². The minimum Gasteiger partial charge on any atom is -0.424 e. The van der Waals surface area contributed by atoms with E-state index in [2.05, 4.69) is 0 Å². The first-order chi connectivity index (χ1) is 16.5. The molecule has 0 aliphatic carbocycles. The van der Waals surface area contributed by atoms with Crippen LogP contribution in [-0.2, 0) is 9.59 Å². The third-order valence-corrected chi connectivity index (χ3v) is 5.15. The van der Waals surface area contributed by atoms with Gasteiger partial charge in [-0.1, -0.05) is 42.5 Å². The number of pyridine rings is 3. The Morgan fingerprint density at radius 3 is 1.38 bits per heavy atom. The van der Waals surface area contributed by atoms with E-state index in [-0.39, 0.29) is 0 Å². The van der Waals surface area contributed by atoms with Crippen molar-refractivity contribution in [2.45, 2.75) is 13.8 Å². The van der Waals surface area contributed by atoms with Crippen LogP contribution in [-0.4, -0.2) is 26.9 Å². The molecule has 2 aromatic carbocycles. The van der Waals surface area contributed by atoms with E-state index in [1.807, 2.05) is 66.7 Å². The molecule has 5 aromatic rings. The Morgan fingerprint density at radius 2 is 0.941 bits per heavy atom. The van der Waals surface area contributed by atoms with Crippen molar-refractivity contribution >= 4 is 33.7 Å². The minimum atomic E-state index is -0.407. The first-order valence-corrected chi connectivity index (χ1v) is 10.6. The Bertz CT molecular complexity index is 1470. The maximum atomic E-state index is 11.5. The zero-order chi connectivity index (χ0) is 23.7. The third-order valence-electron chi connectivity index (χ3n) is 5.15. The van der Waals surface area contributed by atoms with E-state index in [9.17, 15) is 9.59 Å². The van der Waals surface area contributed by atoms with Crippen molar-refractivity contribution in [3.63, 3.8) is 0 Å². The molecule has 3 aromatic heterocycles. The molecule has 0 N–H and O–H groups in total. The number of benzene rings is 2. The number of carbonyl (C=O) groups is 2. The number of ether oxygens (including phenoxy) is 2. The zero-order valence-electron chi connectivity index (χ0n) is 18.5. The summed E-state index contributed by atoms with van der Waals surface area (Å²) in [6, 6.07) is 24.0. The lowest BCUT2D eigenvalue weighted by Crippen LogP contribution is -2.03. The molecular weight excluding hydrogens is 430 g/mol. The van der Waals surface area contributed by atoms with Gasteiger partial charge in [0.05, 0.1) is 22.8 Å². The fourth-order valence-electron chi connectivity index (χ4n) is 3.72. The van der Waals surface area contributed by atoms with Crippen molar-refractivity contribution in [1.82, 2.24) is 15.0 Å². The second kappa shape index (κ2) is 8.71. The molecule has 34 heavy (non-hydrogen) atoms. The predicted octanol–water partition coefficient (Wildman–Crippen LogP) is 5.36. The van der Waals surface area contributed by atoms with Crippen LogP contribution in [0.1, 0.15) is 13.8 Å². The van der Waals surface area contributed by atoms with Crippen LogP contribution in [0.15, 0.2) is 78.9 Å². The van der Waals surface area contributed by atoms with Gasteiger partial charge in [-0.15, -0.1) is 0 Å². The lowest BCUT2D eigenvalue weighted by atomic mass is 10.1. The van der Waals surface area contributed by atoms with E-state index in [0.717, 1.165) is 10.8 Å². The van der Waals surface area contributed by atoms with Gasteiger partial charge in [-0.3, -0.25) is 9.59 Å². The summed E-state index contributed by atoms with van der Waals surface area (Å²) < 4.78 is 10.6. The summed E-state index contributed by atoms with van der Waals surface area (Å²) >= 11 is 0. The molecule has 7 nitrogen and oxygen atoms in total. The van der Waals surface area contributed by atoms with Crippen molar-refractivity contribution in [2.24, 2.45) is 0 Å². The molecule has 166 valence electrons. The molecule has 0 bridgehead atoms. The van der Waals surface area contributed by atoms with Crippen LogP contribution in [0.25, 0.3) is 44.6 Å². The summed E-state index contributed by atoms with van der Waals surface area (Å²) in [7, 11) is 0. The summed E-state index contributed by atoms with van der Waals surface area (Å²) in [5.74, 6) is -0.0138. The van der Waals surface area contributed by atoms with Crippen molar-refractivity contribution < 1.29 is 19.1 Å². The highest BCUT2D eigenvalue weighted by atomic mass is 16.5. The number of esters is 2. The highest BCUT2D eigenvalue weighted by molar-refractivity contribution is 5.90. The molecule has 7 heteroatoms. The maximum Gasteiger partial charge on any atom is 0.308 e. The summed E-state index contributed by atoms with van der Waals surface area (Å²) in [4.78, 5) is 37.2. The van der Waals surface area contributed by atoms with Crippen molar-refractivity contribution in [3.8, 4) is 34.3 Å². The molecule has 0 fully saturated rings. The first-order valence-electron chi connectivity index (χ1n) is 10.6. The lowest BCUT2D eigenvalue weighted by molar-refractivity contribution is -0.132. The number of carbonyl (C=O) groups excluding carboxylic acids is 2. The number of rotatable bonds is 4. The largest absolute Gasteiger partial charge is 0.424 e. The quantitative estimate of drug-likeness (QED) is 0.269. The minimum absolute atomic E-state index is 0.400. The van der Waals surface area contributed by atoms with E-state index in [0.29, 0.717) is 45.3 Å². The molecular formula is C27H19N3O4. The standard InChI is InChI=1S/C27H19N3O4/c1-16(31)33-24-10-3-6-18-12-14-22(29-26(18)24)20-8-5-9-21(28-20)23-15-13-19-7-4-11-25(27(19)30-23)34-17(2)32/h3-15H,1-2H3. The fraction of sp³-hybridized carbons (Fsp3) is 0.0741. The normalized spacial score (nSPS) is 10.9. The van der Waals surface area contributed by atoms with Crippen LogP contribution < -0.4 is 9.47 Å². The zero-order valence-corrected chi connectivity index (χ0v) is 18.5. The van der Waals surface area contributed by atoms with Gasteiger partial charge in [-0.25, -0.2) is 15.0 Å². The van der Waals surface area contributed by atoms with Gasteiger partial charge in [0, 0.05) is 24.6 Å². The van der Waals surface area contributed by atoms with E-state index < -0.39 is 11.9 Å². The number of aromatic nitrogens is 3. The van der Waals surface area contributed by atoms with Crippen LogP contribution >= 0.6 is 0 Å². The number of hydrogen-bond acceptors (Lipinski definition) is 7. The Morgan fingerprint density at radius 1 is 0.529 bits per heavy atom. The smallest absolute Gasteiger partial charge is 0.308 e. The van der Waals surface area contributed by atoms with Gasteiger partial charge < -0.3 is 9.47 Å². The molecule has 5 rings (SSSR count). The Balaban J connectivity index is 1.58. The van der Waals surface area contributed by atoms with Gasteiger partial charge >= 0.3 is 11.9 Å². The van der Waals surface area contributed by atoms with E-state index in [1.54, 1.807) is 12.1 Å². The predicted molar refractivity (Wildman–Crippen MR) is 128 cm³/mol. The Labute approximate surface area is 195 Å². The van der Waals surface area contributed by atoms with Crippen molar-refractivity contribution in [3.05, 3.63) is 78.9 Å². The van der Waals surface area contributed by atoms with Crippen LogP contribution in [0.2, 0.25) is 0 Å². The highest BCUT2D eigenvalue weighted by Gasteiger charge is 2.12. The van der Waals surface area contributed by atoms with Crippen LogP contribution in [0, 0.1) is 0 Å². The van der Waals surface area contributed by atoms with Crippen LogP contribution in [0.5, 0.6) is 11.5 Å². The molecule has 0 aliphatic heterocycles. The van der Waals surface area contributed by atoms with Crippen LogP contribution in [0.3, 0.4) is 0 Å². The third kappa shape index (κ3) is 4.19. The van der Waals surface area contributed by atoms with Crippen molar-refractivity contribution in [2.75, 3.05) is 0 Å². The monoisotopic (exact) mass is 449 g/mol. The molecule has 0 saturated heterocycles. The molecule has 3 heterocycles. The number of hydrogen-bond donors (Lipinski definition) is 0. The molecule has 0 radical (unpaired) electrons. The van der Waals surface area contributed by atoms with Gasteiger partial charge in [0.25, 0.3) is 0 Å². The first kappa shape index (κ1) is 21.2. The van der Waals surface area contributed by atoms with Crippen LogP contribution in [0.4, 0.5) is 0 Å². The molecule has 0 aliphatic rings. The summed E-state index contributed by atoms with van der Waals surface area (Å²) in [6.45, 7) is 2.72. The number of nitrogens with zero attached hydrogens (tertiary/aromatic N) is 3. The Hall–Kier alpha value is -4.65. The average Bonchev–Trinajstić information content (AvgIpc) is 2.83. The van der Waals surface area contributed by atoms with Gasteiger partial charge in [0.2, 0.25) is 0 Å². The maximum absolute atomic E-state index is 11.5. The number of para-hydroxylation sites is 2. The fourth-order valence-corrected chi connectivity index (χ4v) is 3.72. The molecule has 0 saturated carbocycles. The highest BCUT2D eigenvalue weighted by Crippen LogP contribution is 2.30. The summed E-state index contributed by atoms with van der Waals surface area (Å²) in [6.07, 6.45) is 0. The average molecular weight is 449 g/mol. The van der Waals surface area contributed by atoms with Gasteiger partial charge in [-0.05, 0) is 36.4 Å². The SMILES string of the molecule is CC(=O)Oc1cccc2ccc(-c3cccc(-c4ccc5cccc(OC(C)=O)c5n4)n3)nc12. The molecule has 0 spiro atoms. The Kier molecular flexibility index (Phi) is 5.43. The van der Waals surface area contributed by atoms with Crippen molar-refractivity contribution in [1.29, 1.82) is 0 Å². The number of fused-ring (bicyclic) bond motifs is 2. The second-order valence-corrected chi connectivity index (χ2v) is 7.64. The summed E-state index contributed by atoms with van der Waals surface area (Å²) in [5.41, 5.74) is 3.72. The molecule has 0 amide bonds. The summed E-state index contributed by atoms with van der Waals surface area (Å²) in [5, 5.41) is 1.71. The lowest BCUT2D eigenvalue weighted by Gasteiger charge is -2.09. The molecule has 0 atom stereocenters. The van der Waals surface area contributed by atoms with Gasteiger partial charge in [0.1, 0.15) is 11.0 Å². The second-order valence-electron chi connectivity index (χ2n) is 7.64. The van der Waals surface area contributed by atoms with Gasteiger partial charge in [-0.2, -0.15) is 0 Å². The molecule has 0 unspecified atom stereocenters. The van der Waals surface area contributed by atoms with E-state index in [4.69, 9.17) is 24.4 Å². The topological polar surface area (TPSA) is 91.3 Å².